The molecule has 1 atom stereocenters. The van der Waals surface area contributed by atoms with Crippen molar-refractivity contribution in [1.82, 2.24) is 0 Å². The molecular weight excluding hydrogens is 452 g/mol. The molecule has 0 radical (unpaired) electrons. The second-order valence-corrected chi connectivity index (χ2v) is 9.28. The fraction of sp³-hybridized carbons (Fsp3) is 0.0667. The van der Waals surface area contributed by atoms with Crippen LogP contribution in [0.3, 0.4) is 0 Å². The Morgan fingerprint density at radius 3 is 1.80 bits per heavy atom. The molecule has 174 valence electrons. The quantitative estimate of drug-likeness (QED) is 0.215. The maximum atomic E-state index is 13.5. The molecule has 4 aromatic rings. The maximum absolute atomic E-state index is 13.5. The molecule has 0 aliphatic rings. The first kappa shape index (κ1) is 24.0. The van der Waals surface area contributed by atoms with Crippen molar-refractivity contribution < 1.29 is 9.59 Å². The minimum atomic E-state index is -0.315. The number of anilines is 3. The molecule has 4 rings (SSSR count). The van der Waals surface area contributed by atoms with E-state index in [1.807, 2.05) is 122 Å². The Balaban J connectivity index is 1.40. The molecule has 0 fully saturated rings. The Kier molecular flexibility index (Phi) is 8.15. The van der Waals surface area contributed by atoms with Gasteiger partial charge in [-0.1, -0.05) is 66.7 Å². The first-order valence-corrected chi connectivity index (χ1v) is 12.2. The van der Waals surface area contributed by atoms with E-state index in [4.69, 9.17) is 0 Å². The monoisotopic (exact) mass is 478 g/mol. The van der Waals surface area contributed by atoms with Gasteiger partial charge >= 0.3 is 0 Å². The molecule has 1 unspecified atom stereocenters. The van der Waals surface area contributed by atoms with Gasteiger partial charge < -0.3 is 5.32 Å². The van der Waals surface area contributed by atoms with Crippen LogP contribution in [0.15, 0.2) is 126 Å². The average molecular weight is 479 g/mol. The van der Waals surface area contributed by atoms with Crippen LogP contribution in [0.1, 0.15) is 12.5 Å². The summed E-state index contributed by atoms with van der Waals surface area (Å²) >= 11 is 1.49. The molecule has 0 aromatic heterocycles. The third-order valence-electron chi connectivity index (χ3n) is 5.26. The van der Waals surface area contributed by atoms with E-state index < -0.39 is 0 Å². The van der Waals surface area contributed by atoms with Crippen molar-refractivity contribution in [2.75, 3.05) is 10.2 Å². The van der Waals surface area contributed by atoms with Gasteiger partial charge in [-0.15, -0.1) is 11.8 Å². The second-order valence-electron chi connectivity index (χ2n) is 7.86. The van der Waals surface area contributed by atoms with Crippen LogP contribution in [0.2, 0.25) is 0 Å². The van der Waals surface area contributed by atoms with E-state index in [9.17, 15) is 9.59 Å². The lowest BCUT2D eigenvalue weighted by Gasteiger charge is -2.26. The Hall–Kier alpha value is -4.09. The van der Waals surface area contributed by atoms with Crippen LogP contribution in [0.4, 0.5) is 17.1 Å². The van der Waals surface area contributed by atoms with Crippen LogP contribution >= 0.6 is 11.8 Å². The fourth-order valence-electron chi connectivity index (χ4n) is 3.53. The minimum Gasteiger partial charge on any atom is -0.323 e. The predicted octanol–water partition coefficient (Wildman–Crippen LogP) is 7.18. The summed E-state index contributed by atoms with van der Waals surface area (Å²) in [6, 6.07) is 36.5. The number of nitrogens with one attached hydrogen (secondary N) is 1. The van der Waals surface area contributed by atoms with Gasteiger partial charge in [-0.25, -0.2) is 0 Å². The van der Waals surface area contributed by atoms with E-state index in [-0.39, 0.29) is 17.1 Å². The lowest BCUT2D eigenvalue weighted by atomic mass is 10.2. The summed E-state index contributed by atoms with van der Waals surface area (Å²) in [5, 5.41) is 2.55. The average Bonchev–Trinajstić information content (AvgIpc) is 2.90. The summed E-state index contributed by atoms with van der Waals surface area (Å²) in [5.74, 6) is -0.199. The van der Waals surface area contributed by atoms with Gasteiger partial charge in [0.2, 0.25) is 11.8 Å². The van der Waals surface area contributed by atoms with E-state index in [1.165, 1.54) is 17.8 Å². The highest BCUT2D eigenvalue weighted by atomic mass is 32.2. The van der Waals surface area contributed by atoms with Gasteiger partial charge in [0, 0.05) is 28.0 Å². The predicted molar refractivity (Wildman–Crippen MR) is 146 cm³/mol. The number of hydrogen-bond acceptors (Lipinski definition) is 3. The van der Waals surface area contributed by atoms with Gasteiger partial charge in [0.1, 0.15) is 0 Å². The SMILES string of the molecule is CC(Sc1ccc(NC(=O)/C=C/c2ccccc2)cc1)C(=O)N(c1ccccc1)c1ccccc1. The van der Waals surface area contributed by atoms with Gasteiger partial charge in [-0.3, -0.25) is 14.5 Å². The summed E-state index contributed by atoms with van der Waals surface area (Å²) in [6.07, 6.45) is 3.29. The van der Waals surface area contributed by atoms with E-state index in [0.717, 1.165) is 21.8 Å². The van der Waals surface area contributed by atoms with Gasteiger partial charge in [-0.2, -0.15) is 0 Å². The highest BCUT2D eigenvalue weighted by molar-refractivity contribution is 8.00. The first-order chi connectivity index (χ1) is 17.1. The molecule has 5 heteroatoms. The van der Waals surface area contributed by atoms with Crippen LogP contribution < -0.4 is 10.2 Å². The van der Waals surface area contributed by atoms with Gasteiger partial charge in [0.15, 0.2) is 0 Å². The number of carbonyl (C=O) groups excluding carboxylic acids is 2. The largest absolute Gasteiger partial charge is 0.323 e. The minimum absolute atomic E-state index is 0.00386. The Bertz CT molecular complexity index is 1240. The molecular formula is C30H26N2O2S. The molecule has 4 aromatic carbocycles. The molecule has 0 aliphatic carbocycles. The Morgan fingerprint density at radius 1 is 0.743 bits per heavy atom. The molecule has 0 heterocycles. The smallest absolute Gasteiger partial charge is 0.248 e. The van der Waals surface area contributed by atoms with Crippen LogP contribution in [0.25, 0.3) is 6.08 Å². The summed E-state index contributed by atoms with van der Waals surface area (Å²) in [7, 11) is 0. The molecule has 4 nitrogen and oxygen atoms in total. The lowest BCUT2D eigenvalue weighted by molar-refractivity contribution is -0.117. The summed E-state index contributed by atoms with van der Waals surface area (Å²) in [4.78, 5) is 28.4. The standard InChI is InChI=1S/C30H26N2O2S/c1-23(30(34)32(26-13-7-3-8-14-26)27-15-9-4-10-16-27)35-28-20-18-25(19-21-28)31-29(33)22-17-24-11-5-2-6-12-24/h2-23H,1H3,(H,31,33)/b22-17+. The van der Waals surface area contributed by atoms with E-state index in [2.05, 4.69) is 5.32 Å². The van der Waals surface area contributed by atoms with Gasteiger partial charge in [0.05, 0.1) is 5.25 Å². The number of thioether (sulfide) groups is 1. The first-order valence-electron chi connectivity index (χ1n) is 11.3. The van der Waals surface area contributed by atoms with E-state index >= 15 is 0 Å². The topological polar surface area (TPSA) is 49.4 Å². The molecule has 0 saturated heterocycles. The van der Waals surface area contributed by atoms with Crippen LogP contribution in [-0.4, -0.2) is 17.1 Å². The van der Waals surface area contributed by atoms with Crippen LogP contribution in [0, 0.1) is 0 Å². The van der Waals surface area contributed by atoms with Crippen molar-refractivity contribution >= 4 is 46.7 Å². The van der Waals surface area contributed by atoms with Crippen LogP contribution in [0.5, 0.6) is 0 Å². The zero-order valence-electron chi connectivity index (χ0n) is 19.4. The van der Waals surface area contributed by atoms with Crippen molar-refractivity contribution in [2.24, 2.45) is 0 Å². The zero-order chi connectivity index (χ0) is 24.5. The number of hydrogen-bond donors (Lipinski definition) is 1. The number of benzene rings is 4. The third kappa shape index (κ3) is 6.71. The van der Waals surface area contributed by atoms with E-state index in [0.29, 0.717) is 5.69 Å². The molecule has 35 heavy (non-hydrogen) atoms. The van der Waals surface area contributed by atoms with Crippen molar-refractivity contribution in [3.05, 3.63) is 127 Å². The summed E-state index contributed by atoms with van der Waals surface area (Å²) in [5.41, 5.74) is 3.33. The fourth-order valence-corrected chi connectivity index (χ4v) is 4.44. The normalized spacial score (nSPS) is 11.7. The number of rotatable bonds is 8. The number of carbonyl (C=O) groups is 2. The summed E-state index contributed by atoms with van der Waals surface area (Å²) < 4.78 is 0. The van der Waals surface area contributed by atoms with Crippen molar-refractivity contribution in [3.8, 4) is 0 Å². The Labute approximate surface area is 210 Å². The van der Waals surface area contributed by atoms with Gasteiger partial charge in [-0.05, 0) is 67.1 Å². The number of para-hydroxylation sites is 2. The maximum Gasteiger partial charge on any atom is 0.248 e. The molecule has 0 spiro atoms. The highest BCUT2D eigenvalue weighted by Gasteiger charge is 2.24. The third-order valence-corrected chi connectivity index (χ3v) is 6.36. The van der Waals surface area contributed by atoms with Crippen molar-refractivity contribution in [3.63, 3.8) is 0 Å². The number of nitrogens with zero attached hydrogens (tertiary/aromatic N) is 1. The highest BCUT2D eigenvalue weighted by Crippen LogP contribution is 2.31. The zero-order valence-corrected chi connectivity index (χ0v) is 20.2. The molecule has 0 saturated carbocycles. The van der Waals surface area contributed by atoms with Crippen molar-refractivity contribution in [1.29, 1.82) is 0 Å². The Morgan fingerprint density at radius 2 is 1.26 bits per heavy atom. The number of amides is 2. The van der Waals surface area contributed by atoms with Crippen LogP contribution in [-0.2, 0) is 9.59 Å². The van der Waals surface area contributed by atoms with Crippen molar-refractivity contribution in [2.45, 2.75) is 17.1 Å². The molecule has 0 bridgehead atoms. The second kappa shape index (κ2) is 11.9. The molecule has 0 aliphatic heterocycles. The molecule has 2 amide bonds. The molecule has 1 N–H and O–H groups in total. The van der Waals surface area contributed by atoms with E-state index in [1.54, 1.807) is 11.0 Å². The van der Waals surface area contributed by atoms with Gasteiger partial charge in [0.25, 0.3) is 0 Å². The lowest BCUT2D eigenvalue weighted by Crippen LogP contribution is -2.32. The summed E-state index contributed by atoms with van der Waals surface area (Å²) in [6.45, 7) is 1.91.